The fraction of sp³-hybridized carbons (Fsp3) is 0.200. The van der Waals surface area contributed by atoms with Crippen molar-refractivity contribution in [2.75, 3.05) is 14.2 Å². The van der Waals surface area contributed by atoms with Crippen LogP contribution in [0.1, 0.15) is 17.2 Å². The van der Waals surface area contributed by atoms with Crippen molar-refractivity contribution < 1.29 is 4.74 Å². The van der Waals surface area contributed by atoms with E-state index >= 15 is 0 Å². The van der Waals surface area contributed by atoms with Gasteiger partial charge in [-0.2, -0.15) is 0 Å². The molecule has 0 amide bonds. The molecule has 0 aliphatic heterocycles. The van der Waals surface area contributed by atoms with E-state index in [0.29, 0.717) is 20.8 Å². The maximum atomic E-state index is 6.36. The first kappa shape index (κ1) is 16.9. The first-order valence-corrected chi connectivity index (χ1v) is 8.05. The predicted octanol–water partition coefficient (Wildman–Crippen LogP) is 5.73. The van der Waals surface area contributed by atoms with Crippen LogP contribution < -0.4 is 10.1 Å². The Morgan fingerprint density at radius 3 is 2.33 bits per heavy atom. The third kappa shape index (κ3) is 3.66. The first-order valence-electron chi connectivity index (χ1n) is 6.13. The van der Waals surface area contributed by atoms with E-state index in [4.69, 9.17) is 39.5 Å². The minimum Gasteiger partial charge on any atom is -0.495 e. The zero-order valence-electron chi connectivity index (χ0n) is 11.4. The van der Waals surface area contributed by atoms with Gasteiger partial charge in [0.1, 0.15) is 5.75 Å². The van der Waals surface area contributed by atoms with Crippen molar-refractivity contribution in [2.24, 2.45) is 0 Å². The lowest BCUT2D eigenvalue weighted by Crippen LogP contribution is -2.18. The molecule has 1 unspecified atom stereocenters. The second-order valence-corrected chi connectivity index (χ2v) is 6.48. The molecule has 0 radical (unpaired) electrons. The standard InChI is InChI=1S/C15H13BrCl3NO/c1-20-15(8-3-4-11(17)10(16)5-8)9-6-13(19)14(21-2)7-12(9)18/h3-7,15,20H,1-2H3. The molecule has 0 aliphatic rings. The highest BCUT2D eigenvalue weighted by Gasteiger charge is 2.18. The highest BCUT2D eigenvalue weighted by Crippen LogP contribution is 2.37. The van der Waals surface area contributed by atoms with Crippen molar-refractivity contribution in [2.45, 2.75) is 6.04 Å². The highest BCUT2D eigenvalue weighted by atomic mass is 79.9. The van der Waals surface area contributed by atoms with Crippen LogP contribution in [0.2, 0.25) is 15.1 Å². The Labute approximate surface area is 147 Å². The van der Waals surface area contributed by atoms with Crippen LogP contribution in [0, 0.1) is 0 Å². The van der Waals surface area contributed by atoms with Crippen LogP contribution in [0.15, 0.2) is 34.8 Å². The van der Waals surface area contributed by atoms with Gasteiger partial charge in [-0.3, -0.25) is 0 Å². The molecule has 2 nitrogen and oxygen atoms in total. The average molecular weight is 410 g/mol. The fourth-order valence-corrected chi connectivity index (χ4v) is 3.14. The van der Waals surface area contributed by atoms with Gasteiger partial charge in [-0.05, 0) is 52.3 Å². The van der Waals surface area contributed by atoms with Crippen molar-refractivity contribution in [1.82, 2.24) is 5.32 Å². The largest absolute Gasteiger partial charge is 0.495 e. The maximum absolute atomic E-state index is 6.36. The Kier molecular flexibility index (Phi) is 5.81. The third-order valence-electron chi connectivity index (χ3n) is 3.15. The molecular weight excluding hydrogens is 396 g/mol. The maximum Gasteiger partial charge on any atom is 0.138 e. The molecule has 1 atom stereocenters. The molecule has 0 aromatic heterocycles. The summed E-state index contributed by atoms with van der Waals surface area (Å²) in [7, 11) is 3.42. The topological polar surface area (TPSA) is 21.3 Å². The summed E-state index contributed by atoms with van der Waals surface area (Å²) in [6.45, 7) is 0. The Bertz CT molecular complexity index is 664. The minimum atomic E-state index is -0.102. The second-order valence-electron chi connectivity index (χ2n) is 4.40. The van der Waals surface area contributed by atoms with E-state index in [9.17, 15) is 0 Å². The van der Waals surface area contributed by atoms with Gasteiger partial charge in [0.2, 0.25) is 0 Å². The molecule has 0 spiro atoms. The summed E-state index contributed by atoms with van der Waals surface area (Å²) in [5.74, 6) is 0.553. The number of nitrogens with one attached hydrogen (secondary N) is 1. The van der Waals surface area contributed by atoms with E-state index < -0.39 is 0 Å². The van der Waals surface area contributed by atoms with Gasteiger partial charge in [-0.1, -0.05) is 40.9 Å². The average Bonchev–Trinajstić information content (AvgIpc) is 2.46. The molecule has 0 bridgehead atoms. The van der Waals surface area contributed by atoms with Gasteiger partial charge in [-0.25, -0.2) is 0 Å². The molecule has 0 saturated carbocycles. The Hall–Kier alpha value is -0.450. The second kappa shape index (κ2) is 7.21. The summed E-state index contributed by atoms with van der Waals surface area (Å²) in [6, 6.07) is 9.17. The van der Waals surface area contributed by atoms with Crippen LogP contribution in [0.5, 0.6) is 5.75 Å². The molecular formula is C15H13BrCl3NO. The number of methoxy groups -OCH3 is 1. The number of halogens is 4. The fourth-order valence-electron chi connectivity index (χ4n) is 2.12. The molecule has 2 rings (SSSR count). The van der Waals surface area contributed by atoms with Crippen molar-refractivity contribution in [1.29, 1.82) is 0 Å². The Morgan fingerprint density at radius 2 is 1.76 bits per heavy atom. The van der Waals surface area contributed by atoms with Crippen molar-refractivity contribution in [3.05, 3.63) is 61.0 Å². The number of benzene rings is 2. The summed E-state index contributed by atoms with van der Waals surface area (Å²) in [6.07, 6.45) is 0. The SMILES string of the molecule is CNC(c1ccc(Cl)c(Br)c1)c1cc(Cl)c(OC)cc1Cl. The van der Waals surface area contributed by atoms with E-state index in [1.807, 2.05) is 31.3 Å². The van der Waals surface area contributed by atoms with Gasteiger partial charge >= 0.3 is 0 Å². The number of rotatable bonds is 4. The van der Waals surface area contributed by atoms with Crippen LogP contribution in [-0.2, 0) is 0 Å². The van der Waals surface area contributed by atoms with Crippen LogP contribution in [0.4, 0.5) is 0 Å². The molecule has 0 heterocycles. The van der Waals surface area contributed by atoms with E-state index in [1.54, 1.807) is 13.2 Å². The Balaban J connectivity index is 2.50. The van der Waals surface area contributed by atoms with E-state index in [1.165, 1.54) is 0 Å². The lowest BCUT2D eigenvalue weighted by molar-refractivity contribution is 0.415. The zero-order chi connectivity index (χ0) is 15.6. The third-order valence-corrected chi connectivity index (χ3v) is 4.98. The van der Waals surface area contributed by atoms with Crippen molar-refractivity contribution in [3.8, 4) is 5.75 Å². The zero-order valence-corrected chi connectivity index (χ0v) is 15.2. The number of hydrogen-bond donors (Lipinski definition) is 1. The molecule has 21 heavy (non-hydrogen) atoms. The summed E-state index contributed by atoms with van der Waals surface area (Å²) >= 11 is 22.0. The van der Waals surface area contributed by atoms with Crippen LogP contribution >= 0.6 is 50.7 Å². The summed E-state index contributed by atoms with van der Waals surface area (Å²) in [5, 5.41) is 5.00. The van der Waals surface area contributed by atoms with Crippen molar-refractivity contribution >= 4 is 50.7 Å². The smallest absolute Gasteiger partial charge is 0.138 e. The summed E-state index contributed by atoms with van der Waals surface area (Å²) in [4.78, 5) is 0. The normalized spacial score (nSPS) is 12.3. The van der Waals surface area contributed by atoms with Gasteiger partial charge in [0.05, 0.1) is 23.2 Å². The lowest BCUT2D eigenvalue weighted by Gasteiger charge is -2.20. The molecule has 2 aromatic rings. The van der Waals surface area contributed by atoms with E-state index in [2.05, 4.69) is 21.2 Å². The molecule has 6 heteroatoms. The van der Waals surface area contributed by atoms with Crippen LogP contribution in [0.25, 0.3) is 0 Å². The quantitative estimate of drug-likeness (QED) is 0.697. The summed E-state index contributed by atoms with van der Waals surface area (Å²) < 4.78 is 6.00. The lowest BCUT2D eigenvalue weighted by atomic mass is 9.98. The highest BCUT2D eigenvalue weighted by molar-refractivity contribution is 9.10. The number of ether oxygens (including phenoxy) is 1. The van der Waals surface area contributed by atoms with Crippen LogP contribution in [-0.4, -0.2) is 14.2 Å². The van der Waals surface area contributed by atoms with Gasteiger partial charge in [0, 0.05) is 15.6 Å². The molecule has 2 aromatic carbocycles. The minimum absolute atomic E-state index is 0.102. The van der Waals surface area contributed by atoms with Gasteiger partial charge in [-0.15, -0.1) is 0 Å². The molecule has 1 N–H and O–H groups in total. The monoisotopic (exact) mass is 407 g/mol. The first-order chi connectivity index (χ1) is 9.97. The predicted molar refractivity (Wildman–Crippen MR) is 93.1 cm³/mol. The van der Waals surface area contributed by atoms with Crippen molar-refractivity contribution in [3.63, 3.8) is 0 Å². The summed E-state index contributed by atoms with van der Waals surface area (Å²) in [5.41, 5.74) is 1.90. The molecule has 0 saturated heterocycles. The van der Waals surface area contributed by atoms with Gasteiger partial charge in [0.15, 0.2) is 0 Å². The van der Waals surface area contributed by atoms with Gasteiger partial charge in [0.25, 0.3) is 0 Å². The van der Waals surface area contributed by atoms with E-state index in [0.717, 1.165) is 15.6 Å². The van der Waals surface area contributed by atoms with Gasteiger partial charge < -0.3 is 10.1 Å². The molecule has 0 fully saturated rings. The Morgan fingerprint density at radius 1 is 1.05 bits per heavy atom. The van der Waals surface area contributed by atoms with E-state index in [-0.39, 0.29) is 6.04 Å². The number of hydrogen-bond acceptors (Lipinski definition) is 2. The van der Waals surface area contributed by atoms with Crippen LogP contribution in [0.3, 0.4) is 0 Å². The molecule has 112 valence electrons. The molecule has 0 aliphatic carbocycles.